The van der Waals surface area contributed by atoms with Crippen molar-refractivity contribution in [2.24, 2.45) is 0 Å². The highest BCUT2D eigenvalue weighted by Crippen LogP contribution is 2.23. The van der Waals surface area contributed by atoms with Gasteiger partial charge in [0.05, 0.1) is 0 Å². The van der Waals surface area contributed by atoms with Crippen molar-refractivity contribution < 1.29 is 28.4 Å². The van der Waals surface area contributed by atoms with Gasteiger partial charge in [0.2, 0.25) is 0 Å². The van der Waals surface area contributed by atoms with Crippen molar-refractivity contribution in [1.82, 2.24) is 5.32 Å². The highest BCUT2D eigenvalue weighted by molar-refractivity contribution is 4.73. The third kappa shape index (κ3) is 18.0. The van der Waals surface area contributed by atoms with Gasteiger partial charge in [0.15, 0.2) is 0 Å². The zero-order valence-corrected chi connectivity index (χ0v) is 27.2. The molecule has 0 fully saturated rings. The molecule has 0 saturated carbocycles. The van der Waals surface area contributed by atoms with E-state index in [9.17, 15) is 0 Å². The minimum atomic E-state index is -0.868. The molecule has 0 aliphatic heterocycles. The molecule has 0 bridgehead atoms. The predicted octanol–water partition coefficient (Wildman–Crippen LogP) is 8.34. The van der Waals surface area contributed by atoms with Crippen LogP contribution < -0.4 is 5.32 Å². The second kappa shape index (κ2) is 25.4. The third-order valence-electron chi connectivity index (χ3n) is 8.39. The van der Waals surface area contributed by atoms with Crippen molar-refractivity contribution >= 4 is 0 Å². The minimum Gasteiger partial charge on any atom is -0.331 e. The molecule has 0 rings (SSSR count). The van der Waals surface area contributed by atoms with Crippen LogP contribution in [-0.2, 0) is 28.4 Å². The van der Waals surface area contributed by atoms with Crippen LogP contribution in [0.2, 0.25) is 0 Å². The van der Waals surface area contributed by atoms with Crippen LogP contribution in [0, 0.1) is 0 Å². The molecule has 0 aliphatic carbocycles. The van der Waals surface area contributed by atoms with E-state index < -0.39 is 11.9 Å². The summed E-state index contributed by atoms with van der Waals surface area (Å²) in [5, 5.41) is 3.98. The van der Waals surface area contributed by atoms with Crippen molar-refractivity contribution in [3.05, 3.63) is 0 Å². The van der Waals surface area contributed by atoms with Gasteiger partial charge < -0.3 is 33.7 Å². The molecule has 39 heavy (non-hydrogen) atoms. The Hall–Kier alpha value is -0.280. The van der Waals surface area contributed by atoms with Crippen LogP contribution in [0.1, 0.15) is 142 Å². The summed E-state index contributed by atoms with van der Waals surface area (Å²) in [6, 6.07) is 1.33. The van der Waals surface area contributed by atoms with E-state index in [1.807, 2.05) is 0 Å². The second-order valence-electron chi connectivity index (χ2n) is 11.0. The molecule has 2 unspecified atom stereocenters. The number of hydrogen-bond acceptors (Lipinski definition) is 7. The maximum atomic E-state index is 5.37. The Labute approximate surface area is 242 Å². The van der Waals surface area contributed by atoms with Gasteiger partial charge >= 0.3 is 0 Å². The molecule has 0 aromatic carbocycles. The summed E-state index contributed by atoms with van der Waals surface area (Å²) in [5.74, 6) is -1.74. The number of nitrogens with one attached hydrogen (secondary N) is 1. The quantitative estimate of drug-likeness (QED) is 0.0698. The molecule has 0 saturated heterocycles. The summed E-state index contributed by atoms with van der Waals surface area (Å²) in [6.07, 6.45) is 24.4. The topological polar surface area (TPSA) is 67.4 Å². The Balaban J connectivity index is 3.83. The third-order valence-corrected chi connectivity index (χ3v) is 8.39. The van der Waals surface area contributed by atoms with Gasteiger partial charge in [0.25, 0.3) is 11.9 Å². The molecule has 0 aliphatic rings. The SMILES string of the molecule is CCC(CCCCCCCCCC(OC)(OC)OC)NC(CC)CCCCCCCCCC(OC)(OC)OC. The molecule has 7 nitrogen and oxygen atoms in total. The van der Waals surface area contributed by atoms with Crippen molar-refractivity contribution in [3.63, 3.8) is 0 Å². The Bertz CT molecular complexity index is 452. The summed E-state index contributed by atoms with van der Waals surface area (Å²) in [6.45, 7) is 4.67. The predicted molar refractivity (Wildman–Crippen MR) is 162 cm³/mol. The lowest BCUT2D eigenvalue weighted by atomic mass is 9.99. The first-order chi connectivity index (χ1) is 18.9. The zero-order chi connectivity index (χ0) is 29.2. The van der Waals surface area contributed by atoms with Gasteiger partial charge in [-0.3, -0.25) is 0 Å². The van der Waals surface area contributed by atoms with Crippen LogP contribution in [-0.4, -0.2) is 66.7 Å². The fourth-order valence-corrected chi connectivity index (χ4v) is 5.49. The Morgan fingerprint density at radius 1 is 0.410 bits per heavy atom. The van der Waals surface area contributed by atoms with Crippen LogP contribution in [0.25, 0.3) is 0 Å². The molecule has 7 heteroatoms. The molecule has 0 aromatic heterocycles. The van der Waals surface area contributed by atoms with E-state index in [1.165, 1.54) is 103 Å². The largest absolute Gasteiger partial charge is 0.331 e. The monoisotopic (exact) mass is 561 g/mol. The van der Waals surface area contributed by atoms with Gasteiger partial charge in [-0.25, -0.2) is 0 Å². The fraction of sp³-hybridized carbons (Fsp3) is 1.00. The lowest BCUT2D eigenvalue weighted by molar-refractivity contribution is -0.355. The van der Waals surface area contributed by atoms with Crippen LogP contribution in [0.15, 0.2) is 0 Å². The number of unbranched alkanes of at least 4 members (excludes halogenated alkanes) is 12. The van der Waals surface area contributed by atoms with Gasteiger partial charge in [-0.1, -0.05) is 90.9 Å². The number of ether oxygens (including phenoxy) is 6. The average molecular weight is 562 g/mol. The molecule has 0 spiro atoms. The minimum absolute atomic E-state index is 0.665. The van der Waals surface area contributed by atoms with Crippen molar-refractivity contribution in [2.45, 2.75) is 166 Å². The summed E-state index contributed by atoms with van der Waals surface area (Å²) in [5.41, 5.74) is 0. The van der Waals surface area contributed by atoms with Crippen molar-refractivity contribution in [2.75, 3.05) is 42.7 Å². The summed E-state index contributed by atoms with van der Waals surface area (Å²) in [7, 11) is 9.83. The van der Waals surface area contributed by atoms with Crippen molar-refractivity contribution in [1.29, 1.82) is 0 Å². The van der Waals surface area contributed by atoms with Crippen molar-refractivity contribution in [3.8, 4) is 0 Å². The fourth-order valence-electron chi connectivity index (χ4n) is 5.49. The number of hydrogen-bond donors (Lipinski definition) is 1. The zero-order valence-electron chi connectivity index (χ0n) is 27.2. The molecule has 236 valence electrons. The van der Waals surface area contributed by atoms with Crippen LogP contribution in [0.5, 0.6) is 0 Å². The first-order valence-electron chi connectivity index (χ1n) is 16.0. The molecular formula is C32H67NO6. The van der Waals surface area contributed by atoms with E-state index in [-0.39, 0.29) is 0 Å². The maximum absolute atomic E-state index is 5.37. The number of methoxy groups -OCH3 is 6. The highest BCUT2D eigenvalue weighted by Gasteiger charge is 2.29. The number of rotatable bonds is 30. The van der Waals surface area contributed by atoms with Crippen LogP contribution in [0.3, 0.4) is 0 Å². The van der Waals surface area contributed by atoms with E-state index in [1.54, 1.807) is 42.7 Å². The molecule has 0 radical (unpaired) electrons. The van der Waals surface area contributed by atoms with E-state index in [2.05, 4.69) is 19.2 Å². The van der Waals surface area contributed by atoms with Crippen LogP contribution in [0.4, 0.5) is 0 Å². The lowest BCUT2D eigenvalue weighted by Gasteiger charge is -2.28. The Morgan fingerprint density at radius 3 is 0.923 bits per heavy atom. The summed E-state index contributed by atoms with van der Waals surface area (Å²) < 4.78 is 32.2. The van der Waals surface area contributed by atoms with E-state index in [4.69, 9.17) is 28.4 Å². The van der Waals surface area contributed by atoms with E-state index >= 15 is 0 Å². The van der Waals surface area contributed by atoms with Crippen LogP contribution >= 0.6 is 0 Å². The maximum Gasteiger partial charge on any atom is 0.282 e. The molecular weight excluding hydrogens is 494 g/mol. The molecule has 1 N–H and O–H groups in total. The smallest absolute Gasteiger partial charge is 0.282 e. The van der Waals surface area contributed by atoms with Gasteiger partial charge in [-0.2, -0.15) is 0 Å². The highest BCUT2D eigenvalue weighted by atomic mass is 16.9. The molecule has 0 amide bonds. The van der Waals surface area contributed by atoms with Gasteiger partial charge in [-0.05, 0) is 38.5 Å². The van der Waals surface area contributed by atoms with Gasteiger partial charge in [-0.15, -0.1) is 0 Å². The first kappa shape index (κ1) is 38.7. The normalized spacial score (nSPS) is 14.2. The van der Waals surface area contributed by atoms with Gasteiger partial charge in [0.1, 0.15) is 0 Å². The lowest BCUT2D eigenvalue weighted by Crippen LogP contribution is -2.37. The summed E-state index contributed by atoms with van der Waals surface area (Å²) >= 11 is 0. The summed E-state index contributed by atoms with van der Waals surface area (Å²) in [4.78, 5) is 0. The Kier molecular flexibility index (Phi) is 25.2. The van der Waals surface area contributed by atoms with E-state index in [0.717, 1.165) is 25.7 Å². The van der Waals surface area contributed by atoms with Gasteiger partial charge in [0, 0.05) is 67.6 Å². The standard InChI is InChI=1S/C32H67NO6/c1-9-29(25-21-17-13-11-15-19-23-27-31(34-3,35-4)36-5)33-30(10-2)26-22-18-14-12-16-20-24-28-32(37-6,38-7)39-8/h29-30,33H,9-28H2,1-8H3. The molecule has 0 heterocycles. The molecule has 2 atom stereocenters. The average Bonchev–Trinajstić information content (AvgIpc) is 2.98. The second-order valence-corrected chi connectivity index (χ2v) is 11.0. The van der Waals surface area contributed by atoms with E-state index in [0.29, 0.717) is 12.1 Å². The molecule has 0 aromatic rings. The first-order valence-corrected chi connectivity index (χ1v) is 16.0. The Morgan fingerprint density at radius 2 is 0.667 bits per heavy atom.